The highest BCUT2D eigenvalue weighted by Gasteiger charge is 2.08. The highest BCUT2D eigenvalue weighted by atomic mass is 16.5. The monoisotopic (exact) mass is 191 g/mol. The lowest BCUT2D eigenvalue weighted by atomic mass is 10.1. The van der Waals surface area contributed by atoms with Crippen LogP contribution in [-0.4, -0.2) is 12.6 Å². The van der Waals surface area contributed by atoms with Gasteiger partial charge in [0.05, 0.1) is 6.61 Å². The molecule has 76 valence electrons. The summed E-state index contributed by atoms with van der Waals surface area (Å²) in [6.07, 6.45) is 2.32. The summed E-state index contributed by atoms with van der Waals surface area (Å²) in [5.41, 5.74) is 1.27. The molecule has 1 N–H and O–H groups in total. The maximum absolute atomic E-state index is 5.72. The van der Waals surface area contributed by atoms with Crippen molar-refractivity contribution in [1.82, 2.24) is 5.32 Å². The molecule has 14 heavy (non-hydrogen) atoms. The molecule has 1 aliphatic rings. The van der Waals surface area contributed by atoms with E-state index in [2.05, 4.69) is 24.4 Å². The molecule has 0 spiro atoms. The van der Waals surface area contributed by atoms with Crippen LogP contribution < -0.4 is 10.1 Å². The topological polar surface area (TPSA) is 21.3 Å². The van der Waals surface area contributed by atoms with Gasteiger partial charge in [-0.25, -0.2) is 0 Å². The molecular formula is C12H17NO. The van der Waals surface area contributed by atoms with Crippen molar-refractivity contribution in [3.05, 3.63) is 29.8 Å². The van der Waals surface area contributed by atoms with Crippen molar-refractivity contribution in [2.24, 2.45) is 0 Å². The van der Waals surface area contributed by atoms with E-state index in [1.54, 1.807) is 0 Å². The second-order valence-electron chi connectivity index (χ2n) is 3.88. The lowest BCUT2D eigenvalue weighted by Gasteiger charge is -2.11. The van der Waals surface area contributed by atoms with Crippen LogP contribution in [0.1, 0.15) is 25.3 Å². The van der Waals surface area contributed by atoms with Gasteiger partial charge in [-0.2, -0.15) is 0 Å². The van der Waals surface area contributed by atoms with E-state index in [4.69, 9.17) is 4.74 Å². The summed E-state index contributed by atoms with van der Waals surface area (Å²) in [4.78, 5) is 0. The van der Waals surface area contributed by atoms with Gasteiger partial charge in [0, 0.05) is 18.2 Å². The Hall–Kier alpha value is -1.02. The summed E-state index contributed by atoms with van der Waals surface area (Å²) in [7, 11) is 0. The standard InChI is InChI=1S/C12H17NO/c1-10-5-4-8-14-12-7-3-2-6-11(12)9-13-10/h2-3,6-7,10,13H,4-5,8-9H2,1H3. The van der Waals surface area contributed by atoms with Crippen molar-refractivity contribution < 1.29 is 4.74 Å². The lowest BCUT2D eigenvalue weighted by Crippen LogP contribution is -2.24. The molecule has 0 radical (unpaired) electrons. The van der Waals surface area contributed by atoms with Crippen LogP contribution in [0, 0.1) is 0 Å². The molecule has 0 fully saturated rings. The van der Waals surface area contributed by atoms with Gasteiger partial charge < -0.3 is 10.1 Å². The van der Waals surface area contributed by atoms with E-state index in [0.717, 1.165) is 25.3 Å². The van der Waals surface area contributed by atoms with Gasteiger partial charge in [-0.1, -0.05) is 18.2 Å². The van der Waals surface area contributed by atoms with Gasteiger partial charge >= 0.3 is 0 Å². The van der Waals surface area contributed by atoms with Crippen LogP contribution in [-0.2, 0) is 6.54 Å². The number of rotatable bonds is 0. The van der Waals surface area contributed by atoms with Crippen LogP contribution in [0.3, 0.4) is 0 Å². The average Bonchev–Trinajstić information content (AvgIpc) is 2.30. The lowest BCUT2D eigenvalue weighted by molar-refractivity contribution is 0.303. The normalized spacial score (nSPS) is 22.5. The first-order valence-electron chi connectivity index (χ1n) is 5.30. The summed E-state index contributed by atoms with van der Waals surface area (Å²) < 4.78 is 5.72. The Labute approximate surface area is 85.3 Å². The average molecular weight is 191 g/mol. The third-order valence-electron chi connectivity index (χ3n) is 2.65. The fraction of sp³-hybridized carbons (Fsp3) is 0.500. The molecule has 2 rings (SSSR count). The highest BCUT2D eigenvalue weighted by Crippen LogP contribution is 2.19. The van der Waals surface area contributed by atoms with Crippen LogP contribution in [0.25, 0.3) is 0 Å². The number of hydrogen-bond donors (Lipinski definition) is 1. The van der Waals surface area contributed by atoms with Gasteiger partial charge in [0.2, 0.25) is 0 Å². The fourth-order valence-electron chi connectivity index (χ4n) is 1.75. The minimum Gasteiger partial charge on any atom is -0.493 e. The van der Waals surface area contributed by atoms with Gasteiger partial charge in [0.25, 0.3) is 0 Å². The molecule has 1 aliphatic heterocycles. The largest absolute Gasteiger partial charge is 0.493 e. The third kappa shape index (κ3) is 2.26. The van der Waals surface area contributed by atoms with Crippen molar-refractivity contribution in [2.45, 2.75) is 32.4 Å². The predicted molar refractivity (Wildman–Crippen MR) is 57.5 cm³/mol. The fourth-order valence-corrected chi connectivity index (χ4v) is 1.75. The highest BCUT2D eigenvalue weighted by molar-refractivity contribution is 5.33. The number of benzene rings is 1. The van der Waals surface area contributed by atoms with Crippen LogP contribution >= 0.6 is 0 Å². The maximum atomic E-state index is 5.72. The van der Waals surface area contributed by atoms with E-state index < -0.39 is 0 Å². The van der Waals surface area contributed by atoms with Crippen LogP contribution in [0.4, 0.5) is 0 Å². The number of nitrogens with one attached hydrogen (secondary N) is 1. The smallest absolute Gasteiger partial charge is 0.123 e. The molecule has 0 amide bonds. The van der Waals surface area contributed by atoms with Crippen molar-refractivity contribution in [3.8, 4) is 5.75 Å². The molecular weight excluding hydrogens is 174 g/mol. The number of para-hydroxylation sites is 1. The number of ether oxygens (including phenoxy) is 1. The van der Waals surface area contributed by atoms with E-state index in [-0.39, 0.29) is 0 Å². The van der Waals surface area contributed by atoms with Gasteiger partial charge in [-0.3, -0.25) is 0 Å². The Morgan fingerprint density at radius 1 is 1.36 bits per heavy atom. The molecule has 0 saturated heterocycles. The van der Waals surface area contributed by atoms with Crippen molar-refractivity contribution in [2.75, 3.05) is 6.61 Å². The Morgan fingerprint density at radius 2 is 2.21 bits per heavy atom. The zero-order chi connectivity index (χ0) is 9.80. The van der Waals surface area contributed by atoms with Gasteiger partial charge in [-0.05, 0) is 25.8 Å². The van der Waals surface area contributed by atoms with E-state index in [1.165, 1.54) is 12.0 Å². The number of hydrogen-bond acceptors (Lipinski definition) is 2. The molecule has 1 heterocycles. The van der Waals surface area contributed by atoms with Crippen molar-refractivity contribution in [3.63, 3.8) is 0 Å². The minimum atomic E-state index is 0.588. The second kappa shape index (κ2) is 4.47. The first-order valence-corrected chi connectivity index (χ1v) is 5.30. The van der Waals surface area contributed by atoms with Crippen molar-refractivity contribution in [1.29, 1.82) is 0 Å². The van der Waals surface area contributed by atoms with Gasteiger partial charge in [0.15, 0.2) is 0 Å². The van der Waals surface area contributed by atoms with Gasteiger partial charge in [0.1, 0.15) is 5.75 Å². The summed E-state index contributed by atoms with van der Waals surface area (Å²) in [5, 5.41) is 3.50. The summed E-state index contributed by atoms with van der Waals surface area (Å²) in [6, 6.07) is 8.85. The zero-order valence-corrected chi connectivity index (χ0v) is 8.62. The number of fused-ring (bicyclic) bond motifs is 1. The molecule has 0 aromatic heterocycles. The Balaban J connectivity index is 2.16. The predicted octanol–water partition coefficient (Wildman–Crippen LogP) is 2.34. The minimum absolute atomic E-state index is 0.588. The van der Waals surface area contributed by atoms with E-state index in [0.29, 0.717) is 6.04 Å². The second-order valence-corrected chi connectivity index (χ2v) is 3.88. The van der Waals surface area contributed by atoms with E-state index >= 15 is 0 Å². The molecule has 1 aromatic rings. The molecule has 1 atom stereocenters. The van der Waals surface area contributed by atoms with Crippen LogP contribution in [0.2, 0.25) is 0 Å². The Bertz CT molecular complexity index is 298. The summed E-state index contributed by atoms with van der Waals surface area (Å²) in [5.74, 6) is 1.04. The first kappa shape index (κ1) is 9.53. The Morgan fingerprint density at radius 3 is 3.14 bits per heavy atom. The molecule has 2 heteroatoms. The zero-order valence-electron chi connectivity index (χ0n) is 8.62. The van der Waals surface area contributed by atoms with Crippen molar-refractivity contribution >= 4 is 0 Å². The van der Waals surface area contributed by atoms with Crippen LogP contribution in [0.5, 0.6) is 5.75 Å². The summed E-state index contributed by atoms with van der Waals surface area (Å²) >= 11 is 0. The molecule has 0 saturated carbocycles. The summed E-state index contributed by atoms with van der Waals surface area (Å²) in [6.45, 7) is 3.98. The van der Waals surface area contributed by atoms with E-state index in [9.17, 15) is 0 Å². The van der Waals surface area contributed by atoms with E-state index in [1.807, 2.05) is 12.1 Å². The first-order chi connectivity index (χ1) is 6.86. The molecule has 0 bridgehead atoms. The Kier molecular flexibility index (Phi) is 3.04. The van der Waals surface area contributed by atoms with Gasteiger partial charge in [-0.15, -0.1) is 0 Å². The quantitative estimate of drug-likeness (QED) is 0.679. The third-order valence-corrected chi connectivity index (χ3v) is 2.65. The maximum Gasteiger partial charge on any atom is 0.123 e. The molecule has 1 aromatic carbocycles. The molecule has 1 unspecified atom stereocenters. The molecule has 0 aliphatic carbocycles. The molecule has 2 nitrogen and oxygen atoms in total. The SMILES string of the molecule is CC1CCCOc2ccccc2CN1. The van der Waals surface area contributed by atoms with Crippen LogP contribution in [0.15, 0.2) is 24.3 Å².